The van der Waals surface area contributed by atoms with Crippen LogP contribution in [-0.2, 0) is 4.79 Å². The third kappa shape index (κ3) is 3.86. The summed E-state index contributed by atoms with van der Waals surface area (Å²) in [6.07, 6.45) is 1.24. The molecule has 1 amide bonds. The van der Waals surface area contributed by atoms with E-state index < -0.39 is 5.92 Å². The molecule has 4 heteroatoms. The first kappa shape index (κ1) is 14.2. The van der Waals surface area contributed by atoms with Crippen LogP contribution in [0.15, 0.2) is 30.3 Å². The number of hydrogen-bond acceptors (Lipinski definition) is 3. The fourth-order valence-electron chi connectivity index (χ4n) is 1.75. The lowest BCUT2D eigenvalue weighted by Gasteiger charge is -2.18. The van der Waals surface area contributed by atoms with Gasteiger partial charge in [0, 0.05) is 12.6 Å². The molecule has 0 saturated carbocycles. The predicted octanol–water partition coefficient (Wildman–Crippen LogP) is 1.57. The molecule has 2 N–H and O–H groups in total. The number of carbonyl (C=O) groups excluding carboxylic acids is 1. The minimum Gasteiger partial charge on any atom is -0.396 e. The minimum atomic E-state index is -0.793. The molecule has 1 aromatic rings. The van der Waals surface area contributed by atoms with E-state index in [1.54, 1.807) is 24.3 Å². The Morgan fingerprint density at radius 1 is 1.44 bits per heavy atom. The van der Waals surface area contributed by atoms with E-state index in [1.807, 2.05) is 19.1 Å². The molecular weight excluding hydrogens is 228 g/mol. The van der Waals surface area contributed by atoms with E-state index in [9.17, 15) is 4.79 Å². The second kappa shape index (κ2) is 7.46. The lowest BCUT2D eigenvalue weighted by molar-refractivity contribution is -0.122. The number of rotatable bonds is 6. The third-order valence-corrected chi connectivity index (χ3v) is 2.84. The van der Waals surface area contributed by atoms with Crippen molar-refractivity contribution in [3.8, 4) is 6.07 Å². The van der Waals surface area contributed by atoms with Crippen molar-refractivity contribution in [3.05, 3.63) is 35.9 Å². The van der Waals surface area contributed by atoms with Gasteiger partial charge in [-0.1, -0.05) is 37.3 Å². The summed E-state index contributed by atoms with van der Waals surface area (Å²) in [5.74, 6) is -1.09. The van der Waals surface area contributed by atoms with Crippen LogP contribution in [0.4, 0.5) is 0 Å². The fraction of sp³-hybridized carbons (Fsp3) is 0.429. The number of hydrogen-bond donors (Lipinski definition) is 2. The van der Waals surface area contributed by atoms with Crippen LogP contribution in [0.2, 0.25) is 0 Å². The van der Waals surface area contributed by atoms with Gasteiger partial charge in [0.2, 0.25) is 5.91 Å². The molecule has 96 valence electrons. The maximum Gasteiger partial charge on any atom is 0.242 e. The topological polar surface area (TPSA) is 73.1 Å². The highest BCUT2D eigenvalue weighted by atomic mass is 16.3. The predicted molar refractivity (Wildman–Crippen MR) is 68.7 cm³/mol. The number of nitrogens with zero attached hydrogens (tertiary/aromatic N) is 1. The minimum absolute atomic E-state index is 0.0291. The first-order valence-corrected chi connectivity index (χ1v) is 6.08. The van der Waals surface area contributed by atoms with E-state index in [-0.39, 0.29) is 18.6 Å². The Bertz CT molecular complexity index is 412. The van der Waals surface area contributed by atoms with Crippen molar-refractivity contribution in [2.24, 2.45) is 0 Å². The molecule has 0 spiro atoms. The second-order valence-electron chi connectivity index (χ2n) is 4.10. The summed E-state index contributed by atoms with van der Waals surface area (Å²) < 4.78 is 0. The zero-order valence-electron chi connectivity index (χ0n) is 10.5. The van der Waals surface area contributed by atoms with Crippen molar-refractivity contribution in [1.29, 1.82) is 5.26 Å². The average molecular weight is 246 g/mol. The Labute approximate surface area is 107 Å². The summed E-state index contributed by atoms with van der Waals surface area (Å²) in [6, 6.07) is 10.9. The van der Waals surface area contributed by atoms with Gasteiger partial charge in [0.25, 0.3) is 0 Å². The second-order valence-corrected chi connectivity index (χ2v) is 4.10. The van der Waals surface area contributed by atoms with Gasteiger partial charge in [-0.25, -0.2) is 0 Å². The molecule has 2 atom stereocenters. The maximum absolute atomic E-state index is 12.0. The quantitative estimate of drug-likeness (QED) is 0.800. The summed E-state index contributed by atoms with van der Waals surface area (Å²) in [5.41, 5.74) is 0.691. The molecule has 0 saturated heterocycles. The highest BCUT2D eigenvalue weighted by Crippen LogP contribution is 2.15. The summed E-state index contributed by atoms with van der Waals surface area (Å²) in [6.45, 7) is 1.96. The highest BCUT2D eigenvalue weighted by molar-refractivity contribution is 5.86. The van der Waals surface area contributed by atoms with Gasteiger partial charge < -0.3 is 10.4 Å². The van der Waals surface area contributed by atoms with E-state index in [2.05, 4.69) is 5.32 Å². The molecule has 0 aliphatic heterocycles. The van der Waals surface area contributed by atoms with Crippen molar-refractivity contribution < 1.29 is 9.90 Å². The number of amides is 1. The lowest BCUT2D eigenvalue weighted by atomic mass is 9.99. The number of aliphatic hydroxyl groups excluding tert-OH is 1. The molecule has 0 aliphatic carbocycles. The van der Waals surface area contributed by atoms with Gasteiger partial charge in [-0.15, -0.1) is 0 Å². The van der Waals surface area contributed by atoms with E-state index in [0.717, 1.165) is 6.42 Å². The number of nitriles is 1. The van der Waals surface area contributed by atoms with E-state index in [4.69, 9.17) is 10.4 Å². The van der Waals surface area contributed by atoms with Crippen molar-refractivity contribution in [1.82, 2.24) is 5.32 Å². The fourth-order valence-corrected chi connectivity index (χ4v) is 1.75. The zero-order chi connectivity index (χ0) is 13.4. The van der Waals surface area contributed by atoms with Crippen LogP contribution in [0, 0.1) is 11.3 Å². The van der Waals surface area contributed by atoms with Crippen molar-refractivity contribution in [2.45, 2.75) is 31.7 Å². The van der Waals surface area contributed by atoms with Crippen LogP contribution in [0.5, 0.6) is 0 Å². The summed E-state index contributed by atoms with van der Waals surface area (Å²) in [4.78, 5) is 12.0. The molecular formula is C14H18N2O2. The Morgan fingerprint density at radius 2 is 2.11 bits per heavy atom. The Hall–Kier alpha value is -1.86. The van der Waals surface area contributed by atoms with Gasteiger partial charge in [0.1, 0.15) is 5.92 Å². The molecule has 0 radical (unpaired) electrons. The normalized spacial score (nSPS) is 13.4. The number of nitrogens with one attached hydrogen (secondary N) is 1. The molecule has 0 aliphatic rings. The molecule has 4 nitrogen and oxygen atoms in total. The Morgan fingerprint density at radius 3 is 2.61 bits per heavy atom. The van der Waals surface area contributed by atoms with Gasteiger partial charge in [0.05, 0.1) is 6.07 Å². The molecule has 0 heterocycles. The van der Waals surface area contributed by atoms with Crippen LogP contribution in [0.3, 0.4) is 0 Å². The van der Waals surface area contributed by atoms with Gasteiger partial charge in [-0.3, -0.25) is 4.79 Å². The lowest BCUT2D eigenvalue weighted by Crippen LogP contribution is -2.38. The maximum atomic E-state index is 12.0. The summed E-state index contributed by atoms with van der Waals surface area (Å²) in [5, 5.41) is 20.8. The van der Waals surface area contributed by atoms with Crippen LogP contribution in [0.25, 0.3) is 0 Å². The third-order valence-electron chi connectivity index (χ3n) is 2.84. The molecule has 1 aromatic carbocycles. The molecule has 0 bridgehead atoms. The number of aliphatic hydroxyl groups is 1. The number of benzene rings is 1. The van der Waals surface area contributed by atoms with Crippen molar-refractivity contribution >= 4 is 5.91 Å². The van der Waals surface area contributed by atoms with Crippen LogP contribution in [0.1, 0.15) is 31.2 Å². The Balaban J connectivity index is 2.72. The van der Waals surface area contributed by atoms with Crippen LogP contribution in [-0.4, -0.2) is 23.7 Å². The first-order valence-electron chi connectivity index (χ1n) is 6.08. The molecule has 2 unspecified atom stereocenters. The van der Waals surface area contributed by atoms with Gasteiger partial charge in [0.15, 0.2) is 0 Å². The van der Waals surface area contributed by atoms with E-state index >= 15 is 0 Å². The smallest absolute Gasteiger partial charge is 0.242 e. The van der Waals surface area contributed by atoms with Crippen molar-refractivity contribution in [3.63, 3.8) is 0 Å². The van der Waals surface area contributed by atoms with Crippen LogP contribution < -0.4 is 5.32 Å². The van der Waals surface area contributed by atoms with Gasteiger partial charge >= 0.3 is 0 Å². The summed E-state index contributed by atoms with van der Waals surface area (Å²) in [7, 11) is 0. The monoisotopic (exact) mass is 246 g/mol. The zero-order valence-corrected chi connectivity index (χ0v) is 10.5. The molecule has 18 heavy (non-hydrogen) atoms. The molecule has 0 aromatic heterocycles. The number of carbonyl (C=O) groups is 1. The molecule has 1 rings (SSSR count). The highest BCUT2D eigenvalue weighted by Gasteiger charge is 2.21. The van der Waals surface area contributed by atoms with E-state index in [1.165, 1.54) is 0 Å². The standard InChI is InChI=1S/C14H18N2O2/c1-2-12(8-9-17)16-14(18)13(10-15)11-6-4-3-5-7-11/h3-7,12-13,17H,2,8-9H2,1H3,(H,16,18). The Kier molecular flexibility index (Phi) is 5.89. The van der Waals surface area contributed by atoms with Gasteiger partial charge in [-0.2, -0.15) is 5.26 Å². The van der Waals surface area contributed by atoms with Gasteiger partial charge in [-0.05, 0) is 18.4 Å². The SMILES string of the molecule is CCC(CCO)NC(=O)C(C#N)c1ccccc1. The first-order chi connectivity index (χ1) is 8.72. The van der Waals surface area contributed by atoms with Crippen molar-refractivity contribution in [2.75, 3.05) is 6.61 Å². The molecule has 0 fully saturated rings. The average Bonchev–Trinajstić information content (AvgIpc) is 2.40. The summed E-state index contributed by atoms with van der Waals surface area (Å²) >= 11 is 0. The van der Waals surface area contributed by atoms with E-state index in [0.29, 0.717) is 12.0 Å². The van der Waals surface area contributed by atoms with Crippen LogP contribution >= 0.6 is 0 Å². The largest absolute Gasteiger partial charge is 0.396 e.